The maximum Gasteiger partial charge on any atom is 0.200 e. The van der Waals surface area contributed by atoms with Crippen LogP contribution in [0.3, 0.4) is 0 Å². The highest BCUT2D eigenvalue weighted by Gasteiger charge is 2.14. The van der Waals surface area contributed by atoms with Gasteiger partial charge in [-0.05, 0) is 24.1 Å². The minimum atomic E-state index is -0.640. The molecule has 0 amide bonds. The average molecular weight is 367 g/mol. The largest absolute Gasteiger partial charge is 0.504 e. The molecule has 0 saturated heterocycles. The van der Waals surface area contributed by atoms with Crippen molar-refractivity contribution in [2.24, 2.45) is 0 Å². The topological polar surface area (TPSA) is 69.9 Å². The van der Waals surface area contributed by atoms with E-state index in [0.717, 1.165) is 12.8 Å². The Bertz CT molecular complexity index is 487. The van der Waals surface area contributed by atoms with E-state index in [0.29, 0.717) is 12.0 Å². The first-order chi connectivity index (χ1) is 12.6. The summed E-state index contributed by atoms with van der Waals surface area (Å²) in [7, 11) is 1.43. The van der Waals surface area contributed by atoms with E-state index < -0.39 is 6.10 Å². The fraction of sp³-hybridized carbons (Fsp3) is 0.727. The van der Waals surface area contributed by atoms with Gasteiger partial charge in [0, 0.05) is 0 Å². The third-order valence-electron chi connectivity index (χ3n) is 5.01. The third kappa shape index (κ3) is 8.79. The summed E-state index contributed by atoms with van der Waals surface area (Å²) in [5.74, 6) is -0.351. The standard InChI is InChI=1S/C22H38O4/c1-3-4-5-6-7-8-9-10-11-12-13-14-15-19(23)18-16-20(24)22(25)21(17-18)26-2/h16-17,19,23-25H,3-15H2,1-2H3. The van der Waals surface area contributed by atoms with Crippen molar-refractivity contribution in [1.29, 1.82) is 0 Å². The molecule has 4 nitrogen and oxygen atoms in total. The highest BCUT2D eigenvalue weighted by atomic mass is 16.5. The van der Waals surface area contributed by atoms with Crippen LogP contribution >= 0.6 is 0 Å². The molecule has 1 aromatic carbocycles. The molecule has 0 aliphatic rings. The van der Waals surface area contributed by atoms with Gasteiger partial charge in [0.25, 0.3) is 0 Å². The van der Waals surface area contributed by atoms with Crippen LogP contribution in [0.25, 0.3) is 0 Å². The summed E-state index contributed by atoms with van der Waals surface area (Å²) in [4.78, 5) is 0. The zero-order chi connectivity index (χ0) is 19.2. The number of ether oxygens (including phenoxy) is 1. The van der Waals surface area contributed by atoms with Crippen molar-refractivity contribution in [3.05, 3.63) is 17.7 Å². The highest BCUT2D eigenvalue weighted by Crippen LogP contribution is 2.38. The van der Waals surface area contributed by atoms with Gasteiger partial charge >= 0.3 is 0 Å². The predicted molar refractivity (Wildman–Crippen MR) is 107 cm³/mol. The molecule has 26 heavy (non-hydrogen) atoms. The number of rotatable bonds is 15. The van der Waals surface area contributed by atoms with E-state index in [1.807, 2.05) is 0 Å². The first-order valence-corrected chi connectivity index (χ1v) is 10.4. The second kappa shape index (κ2) is 13.7. The Morgan fingerprint density at radius 3 is 1.81 bits per heavy atom. The quantitative estimate of drug-likeness (QED) is 0.254. The summed E-state index contributed by atoms with van der Waals surface area (Å²) >= 11 is 0. The molecule has 0 aliphatic carbocycles. The average Bonchev–Trinajstić information content (AvgIpc) is 2.64. The van der Waals surface area contributed by atoms with Crippen molar-refractivity contribution in [3.8, 4) is 17.2 Å². The lowest BCUT2D eigenvalue weighted by Crippen LogP contribution is -1.98. The summed E-state index contributed by atoms with van der Waals surface area (Å²) in [6.45, 7) is 2.25. The molecule has 0 heterocycles. The van der Waals surface area contributed by atoms with Crippen molar-refractivity contribution >= 4 is 0 Å². The number of benzene rings is 1. The normalized spacial score (nSPS) is 12.3. The minimum absolute atomic E-state index is 0.189. The lowest BCUT2D eigenvalue weighted by atomic mass is 10.0. The van der Waals surface area contributed by atoms with Crippen LogP contribution in [0, 0.1) is 0 Å². The van der Waals surface area contributed by atoms with E-state index in [2.05, 4.69) is 6.92 Å². The molecule has 1 unspecified atom stereocenters. The second-order valence-corrected chi connectivity index (χ2v) is 7.28. The molecule has 0 aromatic heterocycles. The summed E-state index contributed by atoms with van der Waals surface area (Å²) < 4.78 is 5.01. The van der Waals surface area contributed by atoms with E-state index >= 15 is 0 Å². The Morgan fingerprint density at radius 1 is 0.808 bits per heavy atom. The number of hydrogen-bond donors (Lipinski definition) is 3. The lowest BCUT2D eigenvalue weighted by molar-refractivity contribution is 0.162. The van der Waals surface area contributed by atoms with Crippen LogP contribution in [0.2, 0.25) is 0 Å². The molecule has 1 aromatic rings. The molecule has 0 spiro atoms. The summed E-state index contributed by atoms with van der Waals surface area (Å²) in [5.41, 5.74) is 0.584. The number of hydrogen-bond acceptors (Lipinski definition) is 4. The number of phenolic OH excluding ortho intramolecular Hbond substituents is 2. The summed E-state index contributed by atoms with van der Waals surface area (Å²) in [6.07, 6.45) is 15.5. The third-order valence-corrected chi connectivity index (χ3v) is 5.01. The van der Waals surface area contributed by atoms with Crippen molar-refractivity contribution < 1.29 is 20.1 Å². The van der Waals surface area contributed by atoms with Crippen molar-refractivity contribution in [2.45, 2.75) is 96.5 Å². The first kappa shape index (κ1) is 22.6. The summed E-state index contributed by atoms with van der Waals surface area (Å²) in [6, 6.07) is 2.99. The van der Waals surface area contributed by atoms with Crippen molar-refractivity contribution in [2.75, 3.05) is 7.11 Å². The van der Waals surface area contributed by atoms with Crippen LogP contribution < -0.4 is 4.74 Å². The number of methoxy groups -OCH3 is 1. The highest BCUT2D eigenvalue weighted by molar-refractivity contribution is 5.52. The van der Waals surface area contributed by atoms with Crippen LogP contribution in [0.4, 0.5) is 0 Å². The zero-order valence-corrected chi connectivity index (χ0v) is 16.7. The molecule has 0 fully saturated rings. The van der Waals surface area contributed by atoms with Gasteiger partial charge in [-0.25, -0.2) is 0 Å². The van der Waals surface area contributed by atoms with Gasteiger partial charge in [0.15, 0.2) is 11.5 Å². The molecule has 0 aliphatic heterocycles. The SMILES string of the molecule is CCCCCCCCCCCCCCC(O)c1cc(O)c(O)c(OC)c1. The zero-order valence-electron chi connectivity index (χ0n) is 16.7. The second-order valence-electron chi connectivity index (χ2n) is 7.28. The molecule has 1 rings (SSSR count). The number of phenols is 2. The number of aliphatic hydroxyl groups excluding tert-OH is 1. The Morgan fingerprint density at radius 2 is 1.31 bits per heavy atom. The molecular weight excluding hydrogens is 328 g/mol. The fourth-order valence-corrected chi connectivity index (χ4v) is 3.31. The van der Waals surface area contributed by atoms with Gasteiger partial charge in [-0.3, -0.25) is 0 Å². The van der Waals surface area contributed by atoms with Gasteiger partial charge in [-0.2, -0.15) is 0 Å². The maximum absolute atomic E-state index is 10.3. The van der Waals surface area contributed by atoms with Gasteiger partial charge in [0.1, 0.15) is 0 Å². The number of aromatic hydroxyl groups is 2. The molecule has 0 bridgehead atoms. The monoisotopic (exact) mass is 366 g/mol. The molecule has 0 saturated carbocycles. The van der Waals surface area contributed by atoms with E-state index in [1.54, 1.807) is 6.07 Å². The molecule has 4 heteroatoms. The van der Waals surface area contributed by atoms with Crippen LogP contribution in [-0.2, 0) is 0 Å². The van der Waals surface area contributed by atoms with Crippen molar-refractivity contribution in [1.82, 2.24) is 0 Å². The number of unbranched alkanes of at least 4 members (excludes halogenated alkanes) is 11. The number of aliphatic hydroxyl groups is 1. The Hall–Kier alpha value is -1.42. The van der Waals surface area contributed by atoms with Gasteiger partial charge in [-0.1, -0.05) is 84.0 Å². The molecule has 150 valence electrons. The van der Waals surface area contributed by atoms with E-state index in [-0.39, 0.29) is 17.2 Å². The van der Waals surface area contributed by atoms with Crippen LogP contribution in [0.15, 0.2) is 12.1 Å². The minimum Gasteiger partial charge on any atom is -0.504 e. The molecular formula is C22H38O4. The van der Waals surface area contributed by atoms with Gasteiger partial charge in [-0.15, -0.1) is 0 Å². The van der Waals surface area contributed by atoms with E-state index in [9.17, 15) is 15.3 Å². The predicted octanol–water partition coefficient (Wildman–Crippen LogP) is 6.23. The maximum atomic E-state index is 10.3. The van der Waals surface area contributed by atoms with Gasteiger partial charge in [0.2, 0.25) is 5.75 Å². The van der Waals surface area contributed by atoms with E-state index in [1.165, 1.54) is 77.4 Å². The summed E-state index contributed by atoms with van der Waals surface area (Å²) in [5, 5.41) is 29.6. The van der Waals surface area contributed by atoms with Crippen LogP contribution in [0.5, 0.6) is 17.2 Å². The molecule has 1 atom stereocenters. The Balaban J connectivity index is 2.08. The Labute approximate surface area is 159 Å². The smallest absolute Gasteiger partial charge is 0.200 e. The van der Waals surface area contributed by atoms with Crippen LogP contribution in [-0.4, -0.2) is 22.4 Å². The fourth-order valence-electron chi connectivity index (χ4n) is 3.31. The van der Waals surface area contributed by atoms with Crippen molar-refractivity contribution in [3.63, 3.8) is 0 Å². The molecule has 3 N–H and O–H groups in total. The van der Waals surface area contributed by atoms with Crippen LogP contribution in [0.1, 0.15) is 102 Å². The van der Waals surface area contributed by atoms with Gasteiger partial charge in [0.05, 0.1) is 13.2 Å². The lowest BCUT2D eigenvalue weighted by Gasteiger charge is -2.14. The molecule has 0 radical (unpaired) electrons. The van der Waals surface area contributed by atoms with E-state index in [4.69, 9.17) is 4.74 Å². The first-order valence-electron chi connectivity index (χ1n) is 10.4. The van der Waals surface area contributed by atoms with Gasteiger partial charge < -0.3 is 20.1 Å². The Kier molecular flexibility index (Phi) is 12.0.